The van der Waals surface area contributed by atoms with Gasteiger partial charge < -0.3 is 9.88 Å². The summed E-state index contributed by atoms with van der Waals surface area (Å²) in [6.07, 6.45) is 3.67. The van der Waals surface area contributed by atoms with Crippen LogP contribution in [0.4, 0.5) is 5.69 Å². The molecule has 3 heteroatoms. The van der Waals surface area contributed by atoms with Gasteiger partial charge in [0.2, 0.25) is 0 Å². The largest absolute Gasteiger partial charge is 0.356 e. The zero-order valence-electron chi connectivity index (χ0n) is 10.3. The minimum absolute atomic E-state index is 0.0701. The van der Waals surface area contributed by atoms with Gasteiger partial charge in [0.25, 0.3) is 5.91 Å². The molecule has 0 atom stereocenters. The Morgan fingerprint density at radius 3 is 2.65 bits per heavy atom. The zero-order chi connectivity index (χ0) is 12.4. The van der Waals surface area contributed by atoms with Gasteiger partial charge in [-0.2, -0.15) is 0 Å². The summed E-state index contributed by atoms with van der Waals surface area (Å²) >= 11 is 0. The van der Waals surface area contributed by atoms with Crippen LogP contribution in [0.5, 0.6) is 0 Å². The van der Waals surface area contributed by atoms with E-state index in [4.69, 9.17) is 0 Å². The molecule has 88 valence electrons. The fourth-order valence-corrected chi connectivity index (χ4v) is 1.72. The summed E-state index contributed by atoms with van der Waals surface area (Å²) in [6, 6.07) is 7.71. The molecule has 1 aromatic carbocycles. The fourth-order valence-electron chi connectivity index (χ4n) is 1.72. The summed E-state index contributed by atoms with van der Waals surface area (Å²) < 4.78 is 1.86. The average Bonchev–Trinajstić information content (AvgIpc) is 2.72. The van der Waals surface area contributed by atoms with Gasteiger partial charge in [0, 0.05) is 25.1 Å². The Morgan fingerprint density at radius 1 is 1.24 bits per heavy atom. The van der Waals surface area contributed by atoms with Crippen molar-refractivity contribution in [3.05, 3.63) is 53.3 Å². The van der Waals surface area contributed by atoms with E-state index < -0.39 is 0 Å². The third-order valence-corrected chi connectivity index (χ3v) is 2.95. The number of nitrogens with one attached hydrogen (secondary N) is 1. The predicted octanol–water partition coefficient (Wildman–Crippen LogP) is 2.89. The second kappa shape index (κ2) is 4.45. The normalized spacial score (nSPS) is 10.3. The van der Waals surface area contributed by atoms with Crippen LogP contribution < -0.4 is 5.32 Å². The Bertz CT molecular complexity index is 555. The molecule has 2 aromatic rings. The number of carbonyl (C=O) groups excluding carboxylic acids is 1. The number of rotatable bonds is 2. The van der Waals surface area contributed by atoms with Crippen molar-refractivity contribution in [3.8, 4) is 0 Å². The van der Waals surface area contributed by atoms with Crippen molar-refractivity contribution in [1.29, 1.82) is 0 Å². The number of benzene rings is 1. The molecule has 17 heavy (non-hydrogen) atoms. The lowest BCUT2D eigenvalue weighted by molar-refractivity contribution is 0.102. The highest BCUT2D eigenvalue weighted by atomic mass is 16.1. The van der Waals surface area contributed by atoms with Gasteiger partial charge >= 0.3 is 0 Å². The van der Waals surface area contributed by atoms with Gasteiger partial charge in [-0.05, 0) is 37.1 Å². The summed E-state index contributed by atoms with van der Waals surface area (Å²) in [6.45, 7) is 4.05. The molecule has 0 radical (unpaired) electrons. The van der Waals surface area contributed by atoms with Gasteiger partial charge in [0.15, 0.2) is 0 Å². The summed E-state index contributed by atoms with van der Waals surface area (Å²) in [4.78, 5) is 12.0. The SMILES string of the molecule is Cc1cccc(NC(=O)c2ccn(C)c2)c1C. The van der Waals surface area contributed by atoms with Crippen LogP contribution in [0, 0.1) is 13.8 Å². The molecule has 0 aliphatic rings. The van der Waals surface area contributed by atoms with E-state index in [2.05, 4.69) is 5.32 Å². The van der Waals surface area contributed by atoms with Crippen molar-refractivity contribution in [2.24, 2.45) is 7.05 Å². The van der Waals surface area contributed by atoms with Crippen LogP contribution in [0.2, 0.25) is 0 Å². The molecule has 1 amide bonds. The topological polar surface area (TPSA) is 34.0 Å². The van der Waals surface area contributed by atoms with Crippen LogP contribution in [0.1, 0.15) is 21.5 Å². The van der Waals surface area contributed by atoms with Crippen molar-refractivity contribution in [2.75, 3.05) is 5.32 Å². The summed E-state index contributed by atoms with van der Waals surface area (Å²) in [5.74, 6) is -0.0701. The molecule has 0 unspecified atom stereocenters. The molecule has 0 saturated carbocycles. The third-order valence-electron chi connectivity index (χ3n) is 2.95. The molecule has 2 rings (SSSR count). The smallest absolute Gasteiger partial charge is 0.257 e. The summed E-state index contributed by atoms with van der Waals surface area (Å²) in [5.41, 5.74) is 3.83. The predicted molar refractivity (Wildman–Crippen MR) is 69.3 cm³/mol. The van der Waals surface area contributed by atoms with Crippen LogP contribution in [0.3, 0.4) is 0 Å². The molecule has 0 aliphatic carbocycles. The van der Waals surface area contributed by atoms with E-state index in [1.54, 1.807) is 12.3 Å². The van der Waals surface area contributed by atoms with Gasteiger partial charge in [-0.1, -0.05) is 12.1 Å². The Morgan fingerprint density at radius 2 is 2.00 bits per heavy atom. The number of aryl methyl sites for hydroxylation is 2. The lowest BCUT2D eigenvalue weighted by Gasteiger charge is -2.09. The first kappa shape index (κ1) is 11.5. The lowest BCUT2D eigenvalue weighted by atomic mass is 10.1. The molecule has 0 spiro atoms. The first-order valence-corrected chi connectivity index (χ1v) is 5.57. The van der Waals surface area contributed by atoms with Gasteiger partial charge in [-0.15, -0.1) is 0 Å². The molecule has 0 fully saturated rings. The van der Waals surface area contributed by atoms with E-state index in [1.807, 2.05) is 49.9 Å². The second-order valence-corrected chi connectivity index (χ2v) is 4.27. The number of carbonyl (C=O) groups is 1. The van der Waals surface area contributed by atoms with Gasteiger partial charge in [0.05, 0.1) is 5.56 Å². The number of hydrogen-bond acceptors (Lipinski definition) is 1. The molecule has 3 nitrogen and oxygen atoms in total. The van der Waals surface area contributed by atoms with E-state index in [0.29, 0.717) is 5.56 Å². The van der Waals surface area contributed by atoms with Crippen LogP contribution >= 0.6 is 0 Å². The zero-order valence-corrected chi connectivity index (χ0v) is 10.3. The number of hydrogen-bond donors (Lipinski definition) is 1. The Kier molecular flexibility index (Phi) is 3.00. The second-order valence-electron chi connectivity index (χ2n) is 4.27. The molecule has 1 aromatic heterocycles. The maximum absolute atomic E-state index is 12.0. The van der Waals surface area contributed by atoms with Crippen molar-refractivity contribution in [1.82, 2.24) is 4.57 Å². The third kappa shape index (κ3) is 2.38. The van der Waals surface area contributed by atoms with E-state index in [9.17, 15) is 4.79 Å². The molecule has 0 saturated heterocycles. The van der Waals surface area contributed by atoms with Crippen LogP contribution in [-0.2, 0) is 7.05 Å². The first-order chi connectivity index (χ1) is 8.08. The number of amides is 1. The van der Waals surface area contributed by atoms with E-state index >= 15 is 0 Å². The average molecular weight is 228 g/mol. The van der Waals surface area contributed by atoms with Gasteiger partial charge in [-0.3, -0.25) is 4.79 Å². The highest BCUT2D eigenvalue weighted by molar-refractivity contribution is 6.04. The van der Waals surface area contributed by atoms with Crippen molar-refractivity contribution in [2.45, 2.75) is 13.8 Å². The maximum atomic E-state index is 12.0. The number of anilines is 1. The van der Waals surface area contributed by atoms with Crippen LogP contribution in [-0.4, -0.2) is 10.5 Å². The van der Waals surface area contributed by atoms with Crippen molar-refractivity contribution >= 4 is 11.6 Å². The number of nitrogens with zero attached hydrogens (tertiary/aromatic N) is 1. The molecule has 0 aliphatic heterocycles. The van der Waals surface area contributed by atoms with E-state index in [1.165, 1.54) is 5.56 Å². The maximum Gasteiger partial charge on any atom is 0.257 e. The van der Waals surface area contributed by atoms with Crippen molar-refractivity contribution < 1.29 is 4.79 Å². The highest BCUT2D eigenvalue weighted by Gasteiger charge is 2.08. The minimum Gasteiger partial charge on any atom is -0.356 e. The Balaban J connectivity index is 2.21. The fraction of sp³-hybridized carbons (Fsp3) is 0.214. The standard InChI is InChI=1S/C14H16N2O/c1-10-5-4-6-13(11(10)2)15-14(17)12-7-8-16(3)9-12/h4-9H,1-3H3,(H,15,17). The van der Waals surface area contributed by atoms with Crippen molar-refractivity contribution in [3.63, 3.8) is 0 Å². The van der Waals surface area contributed by atoms with Gasteiger partial charge in [-0.25, -0.2) is 0 Å². The quantitative estimate of drug-likeness (QED) is 0.842. The lowest BCUT2D eigenvalue weighted by Crippen LogP contribution is -2.12. The monoisotopic (exact) mass is 228 g/mol. The highest BCUT2D eigenvalue weighted by Crippen LogP contribution is 2.18. The summed E-state index contributed by atoms with van der Waals surface area (Å²) in [7, 11) is 1.90. The van der Waals surface area contributed by atoms with E-state index in [-0.39, 0.29) is 5.91 Å². The molecule has 1 N–H and O–H groups in total. The minimum atomic E-state index is -0.0701. The first-order valence-electron chi connectivity index (χ1n) is 5.57. The molecular formula is C14H16N2O. The Hall–Kier alpha value is -2.03. The summed E-state index contributed by atoms with van der Waals surface area (Å²) in [5, 5.41) is 2.93. The molecule has 1 heterocycles. The van der Waals surface area contributed by atoms with Gasteiger partial charge in [0.1, 0.15) is 0 Å². The van der Waals surface area contributed by atoms with E-state index in [0.717, 1.165) is 11.3 Å². The van der Waals surface area contributed by atoms with Crippen LogP contribution in [0.25, 0.3) is 0 Å². The molecular weight excluding hydrogens is 212 g/mol. The Labute approximate surface area is 101 Å². The molecule has 0 bridgehead atoms. The number of aromatic nitrogens is 1. The van der Waals surface area contributed by atoms with Crippen LogP contribution in [0.15, 0.2) is 36.7 Å².